The molecule has 25 heavy (non-hydrogen) atoms. The third kappa shape index (κ3) is 5.83. The van der Waals surface area contributed by atoms with Gasteiger partial charge in [0, 0.05) is 22.5 Å². The monoisotopic (exact) mass is 355 g/mol. The number of ether oxygens (including phenoxy) is 1. The van der Waals surface area contributed by atoms with Gasteiger partial charge in [0.05, 0.1) is 0 Å². The molecule has 0 heterocycles. The number of carbonyl (C=O) groups excluding carboxylic acids is 1. The number of nitrogens with one attached hydrogen (secondary N) is 1. The van der Waals surface area contributed by atoms with Crippen LogP contribution in [0.4, 0.5) is 0 Å². The van der Waals surface area contributed by atoms with Crippen molar-refractivity contribution >= 4 is 23.3 Å². The Hall–Kier alpha value is -1.91. The van der Waals surface area contributed by atoms with E-state index in [0.717, 1.165) is 35.5 Å². The zero-order valence-electron chi connectivity index (χ0n) is 14.8. The molecule has 4 heteroatoms. The first kappa shape index (κ1) is 19.4. The van der Waals surface area contributed by atoms with Gasteiger partial charge in [-0.05, 0) is 42.8 Å². The van der Waals surface area contributed by atoms with E-state index in [0.29, 0.717) is 5.56 Å². The molecule has 0 fully saturated rings. The van der Waals surface area contributed by atoms with Gasteiger partial charge in [-0.25, -0.2) is 0 Å². The number of hydrogen-bond acceptors (Lipinski definition) is 4. The Kier molecular flexibility index (Phi) is 7.89. The molecule has 2 aromatic rings. The average molecular weight is 356 g/mol. The van der Waals surface area contributed by atoms with Crippen LogP contribution < -0.4 is 0 Å². The Morgan fingerprint density at radius 3 is 2.28 bits per heavy atom. The molecule has 1 unspecified atom stereocenters. The van der Waals surface area contributed by atoms with E-state index >= 15 is 0 Å². The first-order valence-corrected chi connectivity index (χ1v) is 9.46. The Labute approximate surface area is 154 Å². The predicted molar refractivity (Wildman–Crippen MR) is 104 cm³/mol. The number of benzene rings is 2. The summed E-state index contributed by atoms with van der Waals surface area (Å²) in [6, 6.07) is 17.5. The minimum atomic E-state index is -0.419. The second-order valence-electron chi connectivity index (χ2n) is 5.90. The lowest BCUT2D eigenvalue weighted by atomic mass is 9.99. The lowest BCUT2D eigenvalue weighted by molar-refractivity contribution is 0.101. The Balaban J connectivity index is 2.00. The number of hydrogen-bond donors (Lipinski definition) is 1. The van der Waals surface area contributed by atoms with Crippen LogP contribution in [0.15, 0.2) is 64.4 Å². The highest BCUT2D eigenvalue weighted by atomic mass is 32.2. The van der Waals surface area contributed by atoms with Gasteiger partial charge in [0.1, 0.15) is 11.8 Å². The summed E-state index contributed by atoms with van der Waals surface area (Å²) in [5.41, 5.74) is 0.585. The molecule has 1 atom stereocenters. The topological polar surface area (TPSA) is 50.1 Å². The lowest BCUT2D eigenvalue weighted by Crippen LogP contribution is -2.29. The summed E-state index contributed by atoms with van der Waals surface area (Å²) in [7, 11) is 1.57. The first-order chi connectivity index (χ1) is 12.2. The van der Waals surface area contributed by atoms with Crippen molar-refractivity contribution in [3.63, 3.8) is 0 Å². The summed E-state index contributed by atoms with van der Waals surface area (Å²) in [4.78, 5) is 14.8. The molecule has 2 rings (SSSR count). The van der Waals surface area contributed by atoms with Crippen LogP contribution in [0.2, 0.25) is 0 Å². The van der Waals surface area contributed by atoms with E-state index in [1.165, 1.54) is 0 Å². The van der Waals surface area contributed by atoms with Crippen LogP contribution in [0.25, 0.3) is 0 Å². The zero-order chi connectivity index (χ0) is 18.1. The van der Waals surface area contributed by atoms with Crippen LogP contribution in [-0.4, -0.2) is 24.7 Å². The highest BCUT2D eigenvalue weighted by Gasteiger charge is 2.21. The average Bonchev–Trinajstić information content (AvgIpc) is 2.66. The molecule has 2 aromatic carbocycles. The molecule has 0 amide bonds. The molecule has 0 spiro atoms. The van der Waals surface area contributed by atoms with Gasteiger partial charge in [-0.3, -0.25) is 10.2 Å². The molecular weight excluding hydrogens is 330 g/mol. The van der Waals surface area contributed by atoms with Crippen LogP contribution in [-0.2, 0) is 4.74 Å². The van der Waals surface area contributed by atoms with Gasteiger partial charge in [0.25, 0.3) is 0 Å². The van der Waals surface area contributed by atoms with Crippen molar-refractivity contribution in [3.05, 3.63) is 60.2 Å². The lowest BCUT2D eigenvalue weighted by Gasteiger charge is -2.15. The maximum atomic E-state index is 12.5. The maximum Gasteiger partial charge on any atom is 0.209 e. The Morgan fingerprint density at radius 2 is 1.68 bits per heavy atom. The molecule has 0 aromatic heterocycles. The summed E-state index contributed by atoms with van der Waals surface area (Å²) >= 11 is 1.65. The molecule has 0 aliphatic heterocycles. The van der Waals surface area contributed by atoms with Crippen LogP contribution >= 0.6 is 11.8 Å². The summed E-state index contributed by atoms with van der Waals surface area (Å²) < 4.78 is 5.35. The van der Waals surface area contributed by atoms with Gasteiger partial charge in [0.2, 0.25) is 5.78 Å². The molecule has 1 N–H and O–H groups in total. The zero-order valence-corrected chi connectivity index (χ0v) is 15.6. The van der Waals surface area contributed by atoms with Crippen molar-refractivity contribution < 1.29 is 9.53 Å². The minimum absolute atomic E-state index is 0.0436. The maximum absolute atomic E-state index is 12.5. The number of unbranched alkanes of at least 4 members (excludes halogenated alkanes) is 2. The van der Waals surface area contributed by atoms with E-state index in [2.05, 4.69) is 19.1 Å². The largest absolute Gasteiger partial charge is 0.375 e. The van der Waals surface area contributed by atoms with E-state index < -0.39 is 6.10 Å². The van der Waals surface area contributed by atoms with Gasteiger partial charge in [-0.15, -0.1) is 0 Å². The van der Waals surface area contributed by atoms with E-state index in [9.17, 15) is 4.79 Å². The summed E-state index contributed by atoms with van der Waals surface area (Å²) in [6.07, 6.45) is 3.47. The summed E-state index contributed by atoms with van der Waals surface area (Å²) in [5, 5.41) is 8.18. The molecule has 0 bridgehead atoms. The van der Waals surface area contributed by atoms with Crippen molar-refractivity contribution in [3.8, 4) is 0 Å². The van der Waals surface area contributed by atoms with Gasteiger partial charge >= 0.3 is 0 Å². The molecule has 0 aliphatic rings. The third-order valence-corrected chi connectivity index (χ3v) is 5.03. The number of ketones is 1. The van der Waals surface area contributed by atoms with Crippen LogP contribution in [0, 0.1) is 5.41 Å². The number of Topliss-reactive ketones (excluding diaryl/α,β-unsaturated/α-hetero) is 1. The standard InChI is InChI=1S/C21H25NO2S/c1-3-4-6-11-19(24-2)20(22)21(23)16-12-14-18(15-13-16)25-17-9-7-5-8-10-17/h5,7-10,12-15,19,22H,3-4,6,11H2,1-2H3. The van der Waals surface area contributed by atoms with E-state index in [1.54, 1.807) is 31.0 Å². The van der Waals surface area contributed by atoms with Gasteiger partial charge in [0.15, 0.2) is 0 Å². The van der Waals surface area contributed by atoms with E-state index in [-0.39, 0.29) is 11.5 Å². The predicted octanol–water partition coefficient (Wildman–Crippen LogP) is 5.64. The highest BCUT2D eigenvalue weighted by molar-refractivity contribution is 7.99. The fraction of sp³-hybridized carbons (Fsp3) is 0.333. The number of carbonyl (C=O) groups is 1. The normalized spacial score (nSPS) is 11.9. The van der Waals surface area contributed by atoms with Crippen molar-refractivity contribution in [2.24, 2.45) is 0 Å². The van der Waals surface area contributed by atoms with E-state index in [4.69, 9.17) is 10.1 Å². The van der Waals surface area contributed by atoms with Crippen molar-refractivity contribution in [1.82, 2.24) is 0 Å². The number of rotatable bonds is 10. The highest BCUT2D eigenvalue weighted by Crippen LogP contribution is 2.27. The fourth-order valence-electron chi connectivity index (χ4n) is 2.56. The summed E-state index contributed by atoms with van der Waals surface area (Å²) in [5.74, 6) is -0.250. The second-order valence-corrected chi connectivity index (χ2v) is 7.05. The van der Waals surface area contributed by atoms with Crippen LogP contribution in [0.3, 0.4) is 0 Å². The van der Waals surface area contributed by atoms with Crippen molar-refractivity contribution in [2.45, 2.75) is 48.5 Å². The molecule has 0 saturated carbocycles. The van der Waals surface area contributed by atoms with Gasteiger partial charge < -0.3 is 4.74 Å². The Morgan fingerprint density at radius 1 is 1.04 bits per heavy atom. The van der Waals surface area contributed by atoms with Crippen molar-refractivity contribution in [2.75, 3.05) is 7.11 Å². The SMILES string of the molecule is CCCCCC(OC)C(=N)C(=O)c1ccc(Sc2ccccc2)cc1. The first-order valence-electron chi connectivity index (χ1n) is 8.64. The smallest absolute Gasteiger partial charge is 0.209 e. The molecule has 132 valence electrons. The molecular formula is C21H25NO2S. The molecule has 0 aliphatic carbocycles. The quantitative estimate of drug-likeness (QED) is 0.341. The molecule has 0 saturated heterocycles. The van der Waals surface area contributed by atoms with Gasteiger partial charge in [-0.2, -0.15) is 0 Å². The van der Waals surface area contributed by atoms with Crippen LogP contribution in [0.1, 0.15) is 43.0 Å². The summed E-state index contributed by atoms with van der Waals surface area (Å²) in [6.45, 7) is 2.13. The van der Waals surface area contributed by atoms with Crippen LogP contribution in [0.5, 0.6) is 0 Å². The third-order valence-electron chi connectivity index (χ3n) is 4.02. The minimum Gasteiger partial charge on any atom is -0.375 e. The Bertz CT molecular complexity index is 683. The van der Waals surface area contributed by atoms with Crippen molar-refractivity contribution in [1.29, 1.82) is 5.41 Å². The second kappa shape index (κ2) is 10.2. The molecule has 0 radical (unpaired) electrons. The van der Waals surface area contributed by atoms with Gasteiger partial charge in [-0.1, -0.05) is 56.1 Å². The number of methoxy groups -OCH3 is 1. The fourth-order valence-corrected chi connectivity index (χ4v) is 3.40. The molecule has 3 nitrogen and oxygen atoms in total. The van der Waals surface area contributed by atoms with E-state index in [1.807, 2.05) is 30.3 Å².